The lowest BCUT2D eigenvalue weighted by atomic mass is 10.2. The van der Waals surface area contributed by atoms with Crippen LogP contribution in [0.2, 0.25) is 0 Å². The fourth-order valence-electron chi connectivity index (χ4n) is 3.06. The Morgan fingerprint density at radius 1 is 1.14 bits per heavy atom. The van der Waals surface area contributed by atoms with Gasteiger partial charge in [0, 0.05) is 41.7 Å². The number of rotatable bonds is 7. The summed E-state index contributed by atoms with van der Waals surface area (Å²) in [6.07, 6.45) is 0. The first-order valence-electron chi connectivity index (χ1n) is 9.28. The molecule has 2 aromatic heterocycles. The van der Waals surface area contributed by atoms with Crippen LogP contribution < -0.4 is 10.2 Å². The molecule has 0 saturated heterocycles. The number of esters is 1. The second-order valence-corrected chi connectivity index (χ2v) is 8.05. The maximum atomic E-state index is 12.5. The van der Waals surface area contributed by atoms with Crippen LogP contribution in [0.5, 0.6) is 0 Å². The van der Waals surface area contributed by atoms with Crippen LogP contribution in [0.1, 0.15) is 26.6 Å². The van der Waals surface area contributed by atoms with E-state index in [1.54, 1.807) is 11.3 Å². The zero-order valence-electron chi connectivity index (χ0n) is 17.1. The first-order valence-corrected chi connectivity index (χ1v) is 10.2. The van der Waals surface area contributed by atoms with Gasteiger partial charge in [-0.3, -0.25) is 4.79 Å². The second-order valence-electron chi connectivity index (χ2n) is 7.02. The molecule has 0 aliphatic rings. The number of carbonyl (C=O) groups excluding carboxylic acids is 2. The summed E-state index contributed by atoms with van der Waals surface area (Å²) >= 11 is 1.68. The van der Waals surface area contributed by atoms with Gasteiger partial charge in [0.2, 0.25) is 0 Å². The molecule has 2 heterocycles. The van der Waals surface area contributed by atoms with E-state index in [2.05, 4.69) is 16.0 Å². The molecule has 152 valence electrons. The van der Waals surface area contributed by atoms with Crippen molar-refractivity contribution in [3.05, 3.63) is 69.7 Å². The van der Waals surface area contributed by atoms with Crippen molar-refractivity contribution in [3.8, 4) is 0 Å². The molecular formula is C22H25N3O3S. The number of aromatic nitrogens is 1. The van der Waals surface area contributed by atoms with Crippen LogP contribution in [0.3, 0.4) is 0 Å². The van der Waals surface area contributed by atoms with Gasteiger partial charge < -0.3 is 19.5 Å². The number of carbonyl (C=O) groups is 2. The van der Waals surface area contributed by atoms with Crippen molar-refractivity contribution < 1.29 is 14.3 Å². The zero-order chi connectivity index (χ0) is 21.0. The van der Waals surface area contributed by atoms with E-state index in [4.69, 9.17) is 4.74 Å². The van der Waals surface area contributed by atoms with Crippen LogP contribution in [-0.2, 0) is 16.1 Å². The topological polar surface area (TPSA) is 63.6 Å². The summed E-state index contributed by atoms with van der Waals surface area (Å²) in [7, 11) is 3.90. The van der Waals surface area contributed by atoms with Crippen LogP contribution in [0.25, 0.3) is 0 Å². The van der Waals surface area contributed by atoms with Gasteiger partial charge >= 0.3 is 5.97 Å². The van der Waals surface area contributed by atoms with Crippen molar-refractivity contribution in [1.29, 1.82) is 0 Å². The van der Waals surface area contributed by atoms with Crippen LogP contribution in [-0.4, -0.2) is 37.1 Å². The number of aryl methyl sites for hydroxylation is 1. The molecule has 0 fully saturated rings. The number of hydrogen-bond acceptors (Lipinski definition) is 5. The van der Waals surface area contributed by atoms with E-state index >= 15 is 0 Å². The summed E-state index contributed by atoms with van der Waals surface area (Å²) in [5.74, 6) is -0.864. The number of anilines is 2. The Balaban J connectivity index is 1.58. The normalized spacial score (nSPS) is 10.6. The largest absolute Gasteiger partial charge is 0.452 e. The van der Waals surface area contributed by atoms with E-state index in [1.807, 2.05) is 74.6 Å². The average molecular weight is 412 g/mol. The lowest BCUT2D eigenvalue weighted by Crippen LogP contribution is -2.21. The number of ether oxygens (including phenoxy) is 1. The van der Waals surface area contributed by atoms with Crippen LogP contribution in [0, 0.1) is 13.8 Å². The molecule has 1 N–H and O–H groups in total. The van der Waals surface area contributed by atoms with E-state index < -0.39 is 5.97 Å². The molecule has 0 bridgehead atoms. The van der Waals surface area contributed by atoms with Crippen LogP contribution in [0.4, 0.5) is 11.4 Å². The van der Waals surface area contributed by atoms with Crippen molar-refractivity contribution >= 4 is 34.6 Å². The molecule has 0 aliphatic carbocycles. The van der Waals surface area contributed by atoms with Crippen molar-refractivity contribution in [2.45, 2.75) is 20.4 Å². The Kier molecular flexibility index (Phi) is 6.39. The SMILES string of the molecule is Cc1cc(C(=O)OCC(=O)Nc2ccc(N(C)C)cc2)c(C)n1Cc1cccs1. The smallest absolute Gasteiger partial charge is 0.340 e. The highest BCUT2D eigenvalue weighted by atomic mass is 32.1. The van der Waals surface area contributed by atoms with Gasteiger partial charge in [0.15, 0.2) is 6.61 Å². The number of benzene rings is 1. The molecule has 0 saturated carbocycles. The average Bonchev–Trinajstić information content (AvgIpc) is 3.30. The number of nitrogens with one attached hydrogen (secondary N) is 1. The molecule has 0 unspecified atom stereocenters. The molecular weight excluding hydrogens is 386 g/mol. The highest BCUT2D eigenvalue weighted by Gasteiger charge is 2.18. The summed E-state index contributed by atoms with van der Waals surface area (Å²) in [4.78, 5) is 27.8. The minimum Gasteiger partial charge on any atom is -0.452 e. The predicted octanol–water partition coefficient (Wildman–Crippen LogP) is 4.08. The second kappa shape index (κ2) is 8.96. The van der Waals surface area contributed by atoms with Gasteiger partial charge in [-0.1, -0.05) is 6.07 Å². The molecule has 3 aromatic rings. The quantitative estimate of drug-likeness (QED) is 0.595. The Hall–Kier alpha value is -3.06. The molecule has 6 nitrogen and oxygen atoms in total. The van der Waals surface area contributed by atoms with Crippen molar-refractivity contribution in [1.82, 2.24) is 4.57 Å². The Morgan fingerprint density at radius 2 is 1.86 bits per heavy atom. The summed E-state index contributed by atoms with van der Waals surface area (Å²) in [6, 6.07) is 13.3. The molecule has 29 heavy (non-hydrogen) atoms. The van der Waals surface area contributed by atoms with Gasteiger partial charge in [-0.2, -0.15) is 0 Å². The number of hydrogen-bond donors (Lipinski definition) is 1. The highest BCUT2D eigenvalue weighted by Crippen LogP contribution is 2.20. The Morgan fingerprint density at radius 3 is 2.48 bits per heavy atom. The molecule has 1 amide bonds. The molecule has 0 spiro atoms. The van der Waals surface area contributed by atoms with Gasteiger partial charge in [-0.05, 0) is 55.6 Å². The van der Waals surface area contributed by atoms with E-state index in [9.17, 15) is 9.59 Å². The summed E-state index contributed by atoms with van der Waals surface area (Å²) in [5, 5.41) is 4.77. The van der Waals surface area contributed by atoms with Gasteiger partial charge in [-0.15, -0.1) is 11.3 Å². The molecule has 0 aliphatic heterocycles. The minimum absolute atomic E-state index is 0.330. The van der Waals surface area contributed by atoms with Crippen molar-refractivity contribution in [3.63, 3.8) is 0 Å². The number of nitrogens with zero attached hydrogens (tertiary/aromatic N) is 2. The molecule has 0 atom stereocenters. The maximum absolute atomic E-state index is 12.5. The van der Waals surface area contributed by atoms with Crippen LogP contribution >= 0.6 is 11.3 Å². The zero-order valence-corrected chi connectivity index (χ0v) is 17.9. The Labute approximate surface area is 174 Å². The van der Waals surface area contributed by atoms with Crippen molar-refractivity contribution in [2.24, 2.45) is 0 Å². The standard InChI is InChI=1S/C22H25N3O3S/c1-15-12-20(16(2)25(15)13-19-6-5-11-29-19)22(27)28-14-21(26)23-17-7-9-18(10-8-17)24(3)4/h5-12H,13-14H2,1-4H3,(H,23,26). The third-order valence-corrected chi connectivity index (χ3v) is 5.55. The fourth-order valence-corrected chi connectivity index (χ4v) is 3.75. The lowest BCUT2D eigenvalue weighted by molar-refractivity contribution is -0.119. The Bertz CT molecular complexity index is 989. The fraction of sp³-hybridized carbons (Fsp3) is 0.273. The lowest BCUT2D eigenvalue weighted by Gasteiger charge is -2.13. The van der Waals surface area contributed by atoms with Crippen molar-refractivity contribution in [2.75, 3.05) is 30.9 Å². The number of thiophene rings is 1. The summed E-state index contributed by atoms with van der Waals surface area (Å²) < 4.78 is 7.32. The predicted molar refractivity (Wildman–Crippen MR) is 117 cm³/mol. The first kappa shape index (κ1) is 20.7. The summed E-state index contributed by atoms with van der Waals surface area (Å²) in [5.41, 5.74) is 3.99. The monoisotopic (exact) mass is 411 g/mol. The van der Waals surface area contributed by atoms with Gasteiger partial charge in [0.25, 0.3) is 5.91 Å². The highest BCUT2D eigenvalue weighted by molar-refractivity contribution is 7.09. The molecule has 0 radical (unpaired) electrons. The summed E-state index contributed by atoms with van der Waals surface area (Å²) in [6.45, 7) is 4.24. The van der Waals surface area contributed by atoms with Gasteiger partial charge in [-0.25, -0.2) is 4.79 Å². The third kappa shape index (κ3) is 5.06. The molecule has 1 aromatic carbocycles. The minimum atomic E-state index is -0.492. The van der Waals surface area contributed by atoms with Gasteiger partial charge in [0.05, 0.1) is 12.1 Å². The van der Waals surface area contributed by atoms with E-state index in [1.165, 1.54) is 4.88 Å². The van der Waals surface area contributed by atoms with E-state index in [0.29, 0.717) is 17.8 Å². The molecule has 7 heteroatoms. The third-order valence-electron chi connectivity index (χ3n) is 4.69. The number of amides is 1. The first-order chi connectivity index (χ1) is 13.8. The maximum Gasteiger partial charge on any atom is 0.340 e. The van der Waals surface area contributed by atoms with E-state index in [0.717, 1.165) is 17.1 Å². The van der Waals surface area contributed by atoms with E-state index in [-0.39, 0.29) is 12.5 Å². The van der Waals surface area contributed by atoms with Gasteiger partial charge in [0.1, 0.15) is 0 Å². The van der Waals surface area contributed by atoms with Crippen LogP contribution in [0.15, 0.2) is 47.8 Å². The molecule has 3 rings (SSSR count).